The van der Waals surface area contributed by atoms with Crippen LogP contribution in [0, 0.1) is 13.8 Å². The van der Waals surface area contributed by atoms with Crippen molar-refractivity contribution in [3.05, 3.63) is 58.7 Å². The number of nitrogens with one attached hydrogen (secondary N) is 2. The molecule has 3 aromatic rings. The monoisotopic (exact) mass is 384 g/mol. The van der Waals surface area contributed by atoms with E-state index in [9.17, 15) is 0 Å². The highest BCUT2D eigenvalue weighted by molar-refractivity contribution is 6.32. The van der Waals surface area contributed by atoms with Gasteiger partial charge in [-0.05, 0) is 31.5 Å². The molecule has 0 amide bonds. The van der Waals surface area contributed by atoms with Crippen LogP contribution >= 0.6 is 11.6 Å². The van der Waals surface area contributed by atoms with Crippen molar-refractivity contribution in [2.75, 3.05) is 24.9 Å². The third kappa shape index (κ3) is 4.41. The Morgan fingerprint density at radius 3 is 2.37 bits per heavy atom. The van der Waals surface area contributed by atoms with Crippen LogP contribution in [0.5, 0.6) is 11.5 Å². The maximum Gasteiger partial charge on any atom is 0.229 e. The molecule has 27 heavy (non-hydrogen) atoms. The number of aromatic nitrogens is 2. The minimum Gasteiger partial charge on any atom is -0.495 e. The molecule has 140 valence electrons. The van der Waals surface area contributed by atoms with Crippen LogP contribution in [0.1, 0.15) is 11.1 Å². The van der Waals surface area contributed by atoms with Gasteiger partial charge in [-0.3, -0.25) is 0 Å². The number of hydrogen-bond acceptors (Lipinski definition) is 6. The molecule has 1 heterocycles. The zero-order valence-corrected chi connectivity index (χ0v) is 16.4. The predicted octanol–water partition coefficient (Wildman–Crippen LogP) is 5.25. The number of methoxy groups -OCH3 is 2. The average Bonchev–Trinajstić information content (AvgIpc) is 2.65. The van der Waals surface area contributed by atoms with Gasteiger partial charge >= 0.3 is 0 Å². The van der Waals surface area contributed by atoms with Gasteiger partial charge in [-0.25, -0.2) is 4.98 Å². The first-order valence-electron chi connectivity index (χ1n) is 8.36. The molecule has 2 N–H and O–H groups in total. The van der Waals surface area contributed by atoms with E-state index in [1.54, 1.807) is 38.6 Å². The van der Waals surface area contributed by atoms with Gasteiger partial charge in [-0.2, -0.15) is 4.98 Å². The van der Waals surface area contributed by atoms with Gasteiger partial charge in [0.1, 0.15) is 17.3 Å². The summed E-state index contributed by atoms with van der Waals surface area (Å²) in [7, 11) is 3.14. The lowest BCUT2D eigenvalue weighted by Crippen LogP contribution is -2.02. The molecule has 2 aromatic carbocycles. The summed E-state index contributed by atoms with van der Waals surface area (Å²) in [6.45, 7) is 4.11. The lowest BCUT2D eigenvalue weighted by Gasteiger charge is -2.14. The molecule has 0 aliphatic carbocycles. The third-order valence-corrected chi connectivity index (χ3v) is 4.32. The van der Waals surface area contributed by atoms with Crippen LogP contribution in [0.15, 0.2) is 42.6 Å². The van der Waals surface area contributed by atoms with Crippen LogP contribution < -0.4 is 20.1 Å². The molecular formula is C20H21ClN4O2. The molecule has 3 rings (SSSR count). The number of aryl methyl sites for hydroxylation is 2. The van der Waals surface area contributed by atoms with Crippen LogP contribution in [-0.2, 0) is 0 Å². The fourth-order valence-electron chi connectivity index (χ4n) is 2.66. The zero-order valence-electron chi connectivity index (χ0n) is 15.6. The largest absolute Gasteiger partial charge is 0.495 e. The van der Waals surface area contributed by atoms with E-state index in [0.717, 1.165) is 11.3 Å². The molecule has 0 atom stereocenters. The molecule has 0 saturated carbocycles. The van der Waals surface area contributed by atoms with Crippen LogP contribution in [-0.4, -0.2) is 24.2 Å². The van der Waals surface area contributed by atoms with E-state index in [1.165, 1.54) is 5.56 Å². The Balaban J connectivity index is 1.86. The smallest absolute Gasteiger partial charge is 0.229 e. The average molecular weight is 385 g/mol. The summed E-state index contributed by atoms with van der Waals surface area (Å²) in [4.78, 5) is 8.81. The molecule has 0 spiro atoms. The minimum atomic E-state index is 0.472. The molecule has 6 nitrogen and oxygen atoms in total. The molecule has 7 heteroatoms. The van der Waals surface area contributed by atoms with Crippen LogP contribution in [0.3, 0.4) is 0 Å². The van der Waals surface area contributed by atoms with Gasteiger partial charge < -0.3 is 20.1 Å². The molecule has 0 unspecified atom stereocenters. The Hall–Kier alpha value is -2.99. The van der Waals surface area contributed by atoms with Crippen LogP contribution in [0.25, 0.3) is 0 Å². The number of ether oxygens (including phenoxy) is 2. The van der Waals surface area contributed by atoms with Crippen molar-refractivity contribution in [2.45, 2.75) is 13.8 Å². The van der Waals surface area contributed by atoms with Gasteiger partial charge in [0, 0.05) is 24.0 Å². The fourth-order valence-corrected chi connectivity index (χ4v) is 2.89. The molecule has 0 bridgehead atoms. The Labute approximate surface area is 163 Å². The maximum absolute atomic E-state index is 6.16. The Morgan fingerprint density at radius 1 is 0.889 bits per heavy atom. The predicted molar refractivity (Wildman–Crippen MR) is 109 cm³/mol. The Morgan fingerprint density at radius 2 is 1.67 bits per heavy atom. The van der Waals surface area contributed by atoms with E-state index < -0.39 is 0 Å². The highest BCUT2D eigenvalue weighted by Gasteiger charge is 2.11. The van der Waals surface area contributed by atoms with Crippen molar-refractivity contribution in [2.24, 2.45) is 0 Å². The Kier molecular flexibility index (Phi) is 5.66. The van der Waals surface area contributed by atoms with E-state index in [1.807, 2.05) is 19.1 Å². The van der Waals surface area contributed by atoms with E-state index in [4.69, 9.17) is 21.1 Å². The summed E-state index contributed by atoms with van der Waals surface area (Å²) < 4.78 is 10.7. The number of hydrogen-bond donors (Lipinski definition) is 2. The molecule has 0 fully saturated rings. The van der Waals surface area contributed by atoms with Crippen molar-refractivity contribution >= 4 is 34.7 Å². The van der Waals surface area contributed by atoms with E-state index in [-0.39, 0.29) is 0 Å². The van der Waals surface area contributed by atoms with E-state index in [2.05, 4.69) is 33.6 Å². The van der Waals surface area contributed by atoms with Crippen molar-refractivity contribution in [1.29, 1.82) is 0 Å². The normalized spacial score (nSPS) is 10.4. The summed E-state index contributed by atoms with van der Waals surface area (Å²) in [5.74, 6) is 2.23. The van der Waals surface area contributed by atoms with Gasteiger partial charge in [0.05, 0.1) is 24.9 Å². The van der Waals surface area contributed by atoms with Crippen molar-refractivity contribution in [3.8, 4) is 11.5 Å². The first kappa shape index (κ1) is 18.8. The molecule has 0 saturated heterocycles. The first-order valence-corrected chi connectivity index (χ1v) is 8.74. The third-order valence-electron chi connectivity index (χ3n) is 4.02. The van der Waals surface area contributed by atoms with Gasteiger partial charge in [0.25, 0.3) is 0 Å². The van der Waals surface area contributed by atoms with E-state index in [0.29, 0.717) is 34.0 Å². The summed E-state index contributed by atoms with van der Waals surface area (Å²) in [5.41, 5.74) is 3.98. The van der Waals surface area contributed by atoms with Crippen LogP contribution in [0.2, 0.25) is 5.02 Å². The lowest BCUT2D eigenvalue weighted by molar-refractivity contribution is 0.405. The van der Waals surface area contributed by atoms with Crippen molar-refractivity contribution in [3.63, 3.8) is 0 Å². The topological polar surface area (TPSA) is 68.3 Å². The van der Waals surface area contributed by atoms with Gasteiger partial charge in [0.2, 0.25) is 5.95 Å². The Bertz CT molecular complexity index is 963. The van der Waals surface area contributed by atoms with Crippen molar-refractivity contribution < 1.29 is 9.47 Å². The quantitative estimate of drug-likeness (QED) is 0.604. The second-order valence-corrected chi connectivity index (χ2v) is 6.43. The fraction of sp³-hybridized carbons (Fsp3) is 0.200. The molecular weight excluding hydrogens is 364 g/mol. The molecule has 0 aliphatic heterocycles. The highest BCUT2D eigenvalue weighted by Crippen LogP contribution is 2.37. The highest BCUT2D eigenvalue weighted by atomic mass is 35.5. The minimum absolute atomic E-state index is 0.472. The summed E-state index contributed by atoms with van der Waals surface area (Å²) in [6, 6.07) is 11.4. The second kappa shape index (κ2) is 8.14. The number of anilines is 4. The van der Waals surface area contributed by atoms with Gasteiger partial charge in [-0.15, -0.1) is 0 Å². The molecule has 1 aromatic heterocycles. The number of rotatable bonds is 6. The number of halogens is 1. The molecule has 0 aliphatic rings. The summed E-state index contributed by atoms with van der Waals surface area (Å²) in [6.07, 6.45) is 1.68. The van der Waals surface area contributed by atoms with Gasteiger partial charge in [0.15, 0.2) is 0 Å². The summed E-state index contributed by atoms with van der Waals surface area (Å²) in [5, 5.41) is 6.94. The van der Waals surface area contributed by atoms with Crippen LogP contribution in [0.4, 0.5) is 23.1 Å². The van der Waals surface area contributed by atoms with Gasteiger partial charge in [-0.1, -0.05) is 29.3 Å². The lowest BCUT2D eigenvalue weighted by atomic mass is 10.1. The second-order valence-electron chi connectivity index (χ2n) is 6.02. The SMILES string of the molecule is COc1cc(Nc2ccnc(Nc3ccc(C)cc3C)n2)c(OC)cc1Cl. The molecule has 0 radical (unpaired) electrons. The zero-order chi connectivity index (χ0) is 19.4. The standard InChI is InChI=1S/C20H21ClN4O2/c1-12-5-6-15(13(2)9-12)24-20-22-8-7-19(25-20)23-16-11-17(26-3)14(21)10-18(16)27-4/h5-11H,1-4H3,(H2,22,23,24,25). The maximum atomic E-state index is 6.16. The van der Waals surface area contributed by atoms with E-state index >= 15 is 0 Å². The number of benzene rings is 2. The van der Waals surface area contributed by atoms with Crippen molar-refractivity contribution in [1.82, 2.24) is 9.97 Å². The first-order chi connectivity index (χ1) is 13.0. The number of nitrogens with zero attached hydrogens (tertiary/aromatic N) is 2. The summed E-state index contributed by atoms with van der Waals surface area (Å²) >= 11 is 6.16.